The Morgan fingerprint density at radius 1 is 1.00 bits per heavy atom. The maximum absolute atomic E-state index is 3.41. The van der Waals surface area contributed by atoms with Gasteiger partial charge < -0.3 is 5.32 Å². The summed E-state index contributed by atoms with van der Waals surface area (Å²) in [6.07, 6.45) is 5.30. The Hall–Kier alpha value is -0.120. The van der Waals surface area contributed by atoms with Gasteiger partial charge in [0.25, 0.3) is 0 Å². The van der Waals surface area contributed by atoms with Crippen LogP contribution in [0.3, 0.4) is 0 Å². The lowest BCUT2D eigenvalue weighted by molar-refractivity contribution is -0.0350. The van der Waals surface area contributed by atoms with E-state index in [0.29, 0.717) is 0 Å². The van der Waals surface area contributed by atoms with E-state index in [9.17, 15) is 0 Å². The van der Waals surface area contributed by atoms with Crippen LogP contribution in [-0.4, -0.2) is 49.3 Å². The minimum Gasteiger partial charge on any atom is -0.314 e. The fourth-order valence-electron chi connectivity index (χ4n) is 2.13. The van der Waals surface area contributed by atoms with E-state index in [1.165, 1.54) is 51.9 Å². The molecule has 1 aliphatic rings. The van der Waals surface area contributed by atoms with Crippen LogP contribution in [0.4, 0.5) is 0 Å². The fraction of sp³-hybridized carbons (Fsp3) is 1.00. The molecule has 0 amide bonds. The molecule has 3 heteroatoms. The van der Waals surface area contributed by atoms with Crippen molar-refractivity contribution >= 4 is 0 Å². The Morgan fingerprint density at radius 2 is 1.73 bits per heavy atom. The van der Waals surface area contributed by atoms with E-state index >= 15 is 0 Å². The molecule has 90 valence electrons. The minimum atomic E-state index is 1.15. The number of rotatable bonds is 7. The number of hydrazine groups is 1. The molecule has 1 N–H and O–H groups in total. The summed E-state index contributed by atoms with van der Waals surface area (Å²) in [5.41, 5.74) is 0. The molecule has 0 aromatic heterocycles. The third-order valence-electron chi connectivity index (χ3n) is 2.99. The van der Waals surface area contributed by atoms with Crippen LogP contribution in [0.5, 0.6) is 0 Å². The van der Waals surface area contributed by atoms with E-state index in [2.05, 4.69) is 29.2 Å². The van der Waals surface area contributed by atoms with Crippen molar-refractivity contribution in [3.63, 3.8) is 0 Å². The number of nitrogens with one attached hydrogen (secondary N) is 1. The van der Waals surface area contributed by atoms with Crippen LogP contribution in [0.15, 0.2) is 0 Å². The van der Waals surface area contributed by atoms with Crippen LogP contribution in [0.25, 0.3) is 0 Å². The first-order valence-corrected chi connectivity index (χ1v) is 6.59. The van der Waals surface area contributed by atoms with Gasteiger partial charge in [0.05, 0.1) is 0 Å². The second-order valence-electron chi connectivity index (χ2n) is 4.36. The number of hydrogen-bond donors (Lipinski definition) is 1. The second-order valence-corrected chi connectivity index (χ2v) is 4.36. The van der Waals surface area contributed by atoms with E-state index in [-0.39, 0.29) is 0 Å². The molecule has 0 aromatic carbocycles. The summed E-state index contributed by atoms with van der Waals surface area (Å²) in [7, 11) is 0. The Morgan fingerprint density at radius 3 is 2.33 bits per heavy atom. The smallest absolute Gasteiger partial charge is 0.0259 e. The third kappa shape index (κ3) is 4.96. The molecule has 0 radical (unpaired) electrons. The number of piperazine rings is 1. The topological polar surface area (TPSA) is 18.5 Å². The Bertz CT molecular complexity index is 144. The molecule has 0 saturated carbocycles. The van der Waals surface area contributed by atoms with Crippen LogP contribution in [0.1, 0.15) is 39.5 Å². The molecule has 0 spiro atoms. The highest BCUT2D eigenvalue weighted by atomic mass is 15.6. The summed E-state index contributed by atoms with van der Waals surface area (Å²) in [6, 6.07) is 0. The minimum absolute atomic E-state index is 1.15. The zero-order valence-electron chi connectivity index (χ0n) is 10.5. The van der Waals surface area contributed by atoms with Gasteiger partial charge in [-0.25, -0.2) is 10.0 Å². The van der Waals surface area contributed by atoms with Gasteiger partial charge in [0.2, 0.25) is 0 Å². The van der Waals surface area contributed by atoms with Crippen molar-refractivity contribution in [3.8, 4) is 0 Å². The maximum Gasteiger partial charge on any atom is 0.0259 e. The number of unbranched alkanes of at least 4 members (excludes halogenated alkanes) is 2. The predicted octanol–water partition coefficient (Wildman–Crippen LogP) is 1.71. The van der Waals surface area contributed by atoms with Crippen LogP contribution < -0.4 is 5.32 Å². The molecule has 15 heavy (non-hydrogen) atoms. The molecule has 0 unspecified atom stereocenters. The van der Waals surface area contributed by atoms with Crippen molar-refractivity contribution in [3.05, 3.63) is 0 Å². The largest absolute Gasteiger partial charge is 0.314 e. The average Bonchev–Trinajstić information content (AvgIpc) is 2.29. The van der Waals surface area contributed by atoms with Gasteiger partial charge in [0.1, 0.15) is 0 Å². The SMILES string of the molecule is CCCCCN(CCC)N1CCNCC1. The molecule has 0 aromatic rings. The molecule has 0 bridgehead atoms. The quantitative estimate of drug-likeness (QED) is 0.650. The third-order valence-corrected chi connectivity index (χ3v) is 2.99. The highest BCUT2D eigenvalue weighted by molar-refractivity contribution is 4.66. The average molecular weight is 213 g/mol. The Balaban J connectivity index is 2.26. The number of hydrogen-bond acceptors (Lipinski definition) is 3. The first kappa shape index (κ1) is 12.9. The predicted molar refractivity (Wildman–Crippen MR) is 65.8 cm³/mol. The van der Waals surface area contributed by atoms with E-state index in [1.54, 1.807) is 0 Å². The van der Waals surface area contributed by atoms with E-state index in [1.807, 2.05) is 0 Å². The second kappa shape index (κ2) is 8.08. The molecule has 0 atom stereocenters. The zero-order valence-corrected chi connectivity index (χ0v) is 10.5. The summed E-state index contributed by atoms with van der Waals surface area (Å²) in [5.74, 6) is 0. The molecule has 0 aliphatic carbocycles. The summed E-state index contributed by atoms with van der Waals surface area (Å²) < 4.78 is 0. The molecular formula is C12H27N3. The fourth-order valence-corrected chi connectivity index (χ4v) is 2.13. The molecule has 1 saturated heterocycles. The summed E-state index contributed by atoms with van der Waals surface area (Å²) in [6.45, 7) is 11.7. The van der Waals surface area contributed by atoms with Gasteiger partial charge in [0.15, 0.2) is 0 Å². The van der Waals surface area contributed by atoms with E-state index in [4.69, 9.17) is 0 Å². The summed E-state index contributed by atoms with van der Waals surface area (Å²) in [4.78, 5) is 0. The van der Waals surface area contributed by atoms with E-state index < -0.39 is 0 Å². The van der Waals surface area contributed by atoms with Crippen molar-refractivity contribution in [1.29, 1.82) is 0 Å². The van der Waals surface area contributed by atoms with Gasteiger partial charge in [-0.3, -0.25) is 0 Å². The van der Waals surface area contributed by atoms with Gasteiger partial charge in [-0.1, -0.05) is 26.7 Å². The van der Waals surface area contributed by atoms with Crippen LogP contribution in [0, 0.1) is 0 Å². The summed E-state index contributed by atoms with van der Waals surface area (Å²) >= 11 is 0. The molecule has 1 rings (SSSR count). The van der Waals surface area contributed by atoms with Crippen LogP contribution in [0.2, 0.25) is 0 Å². The Kier molecular flexibility index (Phi) is 6.98. The molecule has 3 nitrogen and oxygen atoms in total. The molecule has 1 aliphatic heterocycles. The standard InChI is InChI=1S/C12H27N3/c1-3-5-6-10-14(9-4-2)15-11-7-13-8-12-15/h13H,3-12H2,1-2H3. The van der Waals surface area contributed by atoms with Crippen molar-refractivity contribution in [2.45, 2.75) is 39.5 Å². The van der Waals surface area contributed by atoms with Crippen LogP contribution >= 0.6 is 0 Å². The Labute approximate surface area is 94.8 Å². The monoisotopic (exact) mass is 213 g/mol. The first-order chi connectivity index (χ1) is 7.38. The molecule has 1 fully saturated rings. The number of nitrogens with zero attached hydrogens (tertiary/aromatic N) is 2. The van der Waals surface area contributed by atoms with Crippen LogP contribution in [-0.2, 0) is 0 Å². The van der Waals surface area contributed by atoms with Gasteiger partial charge in [-0.2, -0.15) is 0 Å². The van der Waals surface area contributed by atoms with Crippen molar-refractivity contribution < 1.29 is 0 Å². The first-order valence-electron chi connectivity index (χ1n) is 6.59. The van der Waals surface area contributed by atoms with Crippen molar-refractivity contribution in [1.82, 2.24) is 15.3 Å². The lowest BCUT2D eigenvalue weighted by atomic mass is 10.2. The van der Waals surface area contributed by atoms with Gasteiger partial charge in [-0.05, 0) is 12.8 Å². The summed E-state index contributed by atoms with van der Waals surface area (Å²) in [5, 5.41) is 8.51. The van der Waals surface area contributed by atoms with Gasteiger partial charge in [-0.15, -0.1) is 0 Å². The maximum atomic E-state index is 3.41. The normalized spacial score (nSPS) is 18.6. The van der Waals surface area contributed by atoms with Crippen molar-refractivity contribution in [2.24, 2.45) is 0 Å². The van der Waals surface area contributed by atoms with E-state index in [0.717, 1.165) is 13.1 Å². The lowest BCUT2D eigenvalue weighted by Gasteiger charge is -2.37. The van der Waals surface area contributed by atoms with Gasteiger partial charge >= 0.3 is 0 Å². The molecule has 1 heterocycles. The lowest BCUT2D eigenvalue weighted by Crippen LogP contribution is -2.52. The van der Waals surface area contributed by atoms with Crippen molar-refractivity contribution in [2.75, 3.05) is 39.3 Å². The highest BCUT2D eigenvalue weighted by Gasteiger charge is 2.16. The molecular weight excluding hydrogens is 186 g/mol. The highest BCUT2D eigenvalue weighted by Crippen LogP contribution is 2.05. The van der Waals surface area contributed by atoms with Gasteiger partial charge in [0, 0.05) is 39.3 Å². The zero-order chi connectivity index (χ0) is 10.9.